The van der Waals surface area contributed by atoms with Crippen molar-refractivity contribution < 1.29 is 13.3 Å². The van der Waals surface area contributed by atoms with Crippen molar-refractivity contribution in [2.75, 3.05) is 5.32 Å². The van der Waals surface area contributed by atoms with Gasteiger partial charge in [-0.1, -0.05) is 6.92 Å². The molecular weight excluding hydrogens is 388 g/mol. The number of nitrogens with one attached hydrogen (secondary N) is 4. The molecule has 1 aromatic carbocycles. The molecule has 4 N–H and O–H groups in total. The van der Waals surface area contributed by atoms with Gasteiger partial charge in [0.15, 0.2) is 0 Å². The number of aromatic nitrogens is 3. The fraction of sp³-hybridized carbons (Fsp3) is 0.500. The summed E-state index contributed by atoms with van der Waals surface area (Å²) in [5.74, 6) is 0.848. The highest BCUT2D eigenvalue weighted by atomic mass is 32.2. The molecule has 1 heterocycles. The first-order chi connectivity index (χ1) is 13.2. The SMILES string of the molecule is CC1CCC(NS(=O)(=O)c2ccc(NCc3n[nH]c(=O)[nH]3)c([N+](=O)[O-])c2)CC1. The molecule has 2 aromatic rings. The second kappa shape index (κ2) is 8.10. The Bertz CT molecular complexity index is 1010. The minimum Gasteiger partial charge on any atom is -0.372 e. The van der Waals surface area contributed by atoms with Crippen LogP contribution in [-0.2, 0) is 16.6 Å². The van der Waals surface area contributed by atoms with E-state index in [4.69, 9.17) is 0 Å². The molecule has 152 valence electrons. The summed E-state index contributed by atoms with van der Waals surface area (Å²) in [5.41, 5.74) is -0.742. The molecule has 28 heavy (non-hydrogen) atoms. The minimum absolute atomic E-state index is 0.0319. The van der Waals surface area contributed by atoms with E-state index in [1.54, 1.807) is 0 Å². The molecule has 0 saturated heterocycles. The summed E-state index contributed by atoms with van der Waals surface area (Å²) in [4.78, 5) is 24.1. The predicted octanol–water partition coefficient (Wildman–Crippen LogP) is 1.48. The molecule has 0 atom stereocenters. The fourth-order valence-electron chi connectivity index (χ4n) is 3.21. The van der Waals surface area contributed by atoms with E-state index >= 15 is 0 Å². The van der Waals surface area contributed by atoms with Crippen LogP contribution in [0.3, 0.4) is 0 Å². The van der Waals surface area contributed by atoms with Crippen molar-refractivity contribution in [3.8, 4) is 0 Å². The molecule has 11 nitrogen and oxygen atoms in total. The first-order valence-electron chi connectivity index (χ1n) is 8.93. The van der Waals surface area contributed by atoms with Gasteiger partial charge in [0.25, 0.3) is 5.69 Å². The number of nitro benzene ring substituents is 1. The summed E-state index contributed by atoms with van der Waals surface area (Å²) in [6.07, 6.45) is 3.41. The van der Waals surface area contributed by atoms with Crippen molar-refractivity contribution >= 4 is 21.4 Å². The second-order valence-electron chi connectivity index (χ2n) is 6.99. The van der Waals surface area contributed by atoms with Crippen LogP contribution in [0.2, 0.25) is 0 Å². The van der Waals surface area contributed by atoms with Gasteiger partial charge in [0, 0.05) is 12.1 Å². The molecule has 12 heteroatoms. The van der Waals surface area contributed by atoms with E-state index < -0.39 is 20.6 Å². The fourth-order valence-corrected chi connectivity index (χ4v) is 4.54. The lowest BCUT2D eigenvalue weighted by Gasteiger charge is -2.26. The van der Waals surface area contributed by atoms with Crippen LogP contribution in [0.1, 0.15) is 38.4 Å². The molecule has 0 spiro atoms. The molecular formula is C16H22N6O5S. The number of hydrogen-bond donors (Lipinski definition) is 4. The summed E-state index contributed by atoms with van der Waals surface area (Å²) in [5, 5.41) is 20.1. The van der Waals surface area contributed by atoms with E-state index in [-0.39, 0.29) is 34.7 Å². The average molecular weight is 410 g/mol. The molecule has 1 aliphatic carbocycles. The number of sulfonamides is 1. The maximum absolute atomic E-state index is 12.6. The Morgan fingerprint density at radius 1 is 1.29 bits per heavy atom. The highest BCUT2D eigenvalue weighted by molar-refractivity contribution is 7.89. The van der Waals surface area contributed by atoms with Crippen molar-refractivity contribution in [3.05, 3.63) is 44.6 Å². The quantitative estimate of drug-likeness (QED) is 0.396. The Morgan fingerprint density at radius 3 is 2.61 bits per heavy atom. The lowest BCUT2D eigenvalue weighted by atomic mass is 9.88. The predicted molar refractivity (Wildman–Crippen MR) is 101 cm³/mol. The van der Waals surface area contributed by atoms with Gasteiger partial charge in [-0.25, -0.2) is 23.0 Å². The molecule has 1 aliphatic rings. The van der Waals surface area contributed by atoms with Crippen LogP contribution in [0.5, 0.6) is 0 Å². The van der Waals surface area contributed by atoms with Crippen LogP contribution in [-0.4, -0.2) is 34.6 Å². The van der Waals surface area contributed by atoms with Gasteiger partial charge in [-0.15, -0.1) is 0 Å². The van der Waals surface area contributed by atoms with Gasteiger partial charge in [0.1, 0.15) is 11.5 Å². The van der Waals surface area contributed by atoms with E-state index in [0.717, 1.165) is 31.7 Å². The molecule has 0 radical (unpaired) electrons. The third kappa shape index (κ3) is 4.75. The third-order valence-electron chi connectivity index (χ3n) is 4.81. The van der Waals surface area contributed by atoms with Crippen LogP contribution in [0, 0.1) is 16.0 Å². The third-order valence-corrected chi connectivity index (χ3v) is 6.33. The van der Waals surface area contributed by atoms with Crippen LogP contribution in [0.25, 0.3) is 0 Å². The maximum atomic E-state index is 12.6. The zero-order chi connectivity index (χ0) is 20.3. The number of aromatic amines is 2. The smallest absolute Gasteiger partial charge is 0.340 e. The van der Waals surface area contributed by atoms with Crippen molar-refractivity contribution in [3.63, 3.8) is 0 Å². The molecule has 1 saturated carbocycles. The van der Waals surface area contributed by atoms with E-state index in [0.29, 0.717) is 5.92 Å². The number of nitro groups is 1. The van der Waals surface area contributed by atoms with E-state index in [2.05, 4.69) is 32.1 Å². The van der Waals surface area contributed by atoms with Gasteiger partial charge < -0.3 is 5.32 Å². The van der Waals surface area contributed by atoms with E-state index in [1.165, 1.54) is 12.1 Å². The zero-order valence-corrected chi connectivity index (χ0v) is 16.1. The lowest BCUT2D eigenvalue weighted by molar-refractivity contribution is -0.384. The number of rotatable bonds is 7. The highest BCUT2D eigenvalue weighted by Crippen LogP contribution is 2.29. The average Bonchev–Trinajstić information content (AvgIpc) is 3.07. The lowest BCUT2D eigenvalue weighted by Crippen LogP contribution is -2.37. The summed E-state index contributed by atoms with van der Waals surface area (Å²) in [6, 6.07) is 3.52. The molecule has 0 aliphatic heterocycles. The number of nitrogens with zero attached hydrogens (tertiary/aromatic N) is 2. The Labute approximate surface area is 161 Å². The maximum Gasteiger partial charge on any atom is 0.340 e. The van der Waals surface area contributed by atoms with Crippen LogP contribution in [0.4, 0.5) is 11.4 Å². The first-order valence-corrected chi connectivity index (χ1v) is 10.4. The summed E-state index contributed by atoms with van der Waals surface area (Å²) in [7, 11) is -3.86. The van der Waals surface area contributed by atoms with Gasteiger partial charge in [0.2, 0.25) is 10.0 Å². The number of anilines is 1. The number of H-pyrrole nitrogens is 2. The van der Waals surface area contributed by atoms with Crippen molar-refractivity contribution in [2.24, 2.45) is 5.92 Å². The molecule has 0 amide bonds. The number of benzene rings is 1. The van der Waals surface area contributed by atoms with Crippen LogP contribution in [0.15, 0.2) is 27.9 Å². The van der Waals surface area contributed by atoms with E-state index in [1.807, 2.05) is 0 Å². The van der Waals surface area contributed by atoms with Crippen molar-refractivity contribution in [1.82, 2.24) is 19.9 Å². The Kier molecular flexibility index (Phi) is 5.79. The molecule has 0 bridgehead atoms. The zero-order valence-electron chi connectivity index (χ0n) is 15.3. The Balaban J connectivity index is 1.77. The Morgan fingerprint density at radius 2 is 2.00 bits per heavy atom. The van der Waals surface area contributed by atoms with Gasteiger partial charge in [0.05, 0.1) is 16.4 Å². The molecule has 1 fully saturated rings. The van der Waals surface area contributed by atoms with Gasteiger partial charge in [-0.2, -0.15) is 5.10 Å². The van der Waals surface area contributed by atoms with Crippen molar-refractivity contribution in [2.45, 2.75) is 50.1 Å². The minimum atomic E-state index is -3.86. The van der Waals surface area contributed by atoms with Crippen molar-refractivity contribution in [1.29, 1.82) is 0 Å². The summed E-state index contributed by atoms with van der Waals surface area (Å²) in [6.45, 7) is 2.17. The normalized spacial score (nSPS) is 20.0. The monoisotopic (exact) mass is 410 g/mol. The molecule has 3 rings (SSSR count). The Hall–Kier alpha value is -2.73. The highest BCUT2D eigenvalue weighted by Gasteiger charge is 2.26. The summed E-state index contributed by atoms with van der Waals surface area (Å²) >= 11 is 0. The van der Waals surface area contributed by atoms with Crippen LogP contribution >= 0.6 is 0 Å². The van der Waals surface area contributed by atoms with E-state index in [9.17, 15) is 23.3 Å². The number of hydrogen-bond acceptors (Lipinski definition) is 7. The second-order valence-corrected chi connectivity index (χ2v) is 8.71. The van der Waals surface area contributed by atoms with Gasteiger partial charge in [-0.05, 0) is 43.7 Å². The summed E-state index contributed by atoms with van der Waals surface area (Å²) < 4.78 is 27.9. The molecule has 1 aromatic heterocycles. The van der Waals surface area contributed by atoms with Crippen LogP contribution < -0.4 is 15.7 Å². The largest absolute Gasteiger partial charge is 0.372 e. The van der Waals surface area contributed by atoms with Gasteiger partial charge in [-0.3, -0.25) is 15.1 Å². The molecule has 0 unspecified atom stereocenters. The van der Waals surface area contributed by atoms with Gasteiger partial charge >= 0.3 is 5.69 Å². The topological polar surface area (TPSA) is 163 Å². The first kappa shape index (κ1) is 20.0. The standard InChI is InChI=1S/C16H22N6O5S/c1-10-2-4-11(5-3-10)21-28(26,27)12-6-7-13(14(8-12)22(24)25)17-9-15-18-16(23)20-19-15/h6-8,10-11,17,21H,2-5,9H2,1H3,(H2,18,19,20,23).